The third-order valence-corrected chi connectivity index (χ3v) is 4.71. The summed E-state index contributed by atoms with van der Waals surface area (Å²) in [6.45, 7) is 0.844. The molecule has 1 aliphatic rings. The molecule has 0 radical (unpaired) electrons. The Morgan fingerprint density at radius 3 is 3.00 bits per heavy atom. The minimum atomic E-state index is 0.163. The highest BCUT2D eigenvalue weighted by Gasteiger charge is 2.28. The number of hydrogen-bond donors (Lipinski definition) is 0. The van der Waals surface area contributed by atoms with Crippen LogP contribution in [0.1, 0.15) is 47.0 Å². The van der Waals surface area contributed by atoms with Gasteiger partial charge in [-0.05, 0) is 24.3 Å². The van der Waals surface area contributed by atoms with Crippen molar-refractivity contribution in [3.8, 4) is 0 Å². The average Bonchev–Trinajstić information content (AvgIpc) is 3.05. The van der Waals surface area contributed by atoms with Crippen LogP contribution in [0.2, 0.25) is 0 Å². The fourth-order valence-electron chi connectivity index (χ4n) is 2.85. The molecule has 2 aromatic heterocycles. The van der Waals surface area contributed by atoms with Crippen LogP contribution in [0.5, 0.6) is 0 Å². The van der Waals surface area contributed by atoms with Crippen molar-refractivity contribution in [1.29, 1.82) is 0 Å². The number of likely N-dealkylation sites (tertiary alicyclic amines) is 1. The molecule has 0 unspecified atom stereocenters. The molecule has 0 N–H and O–H groups in total. The highest BCUT2D eigenvalue weighted by Crippen LogP contribution is 2.31. The Balaban J connectivity index is 1.89. The normalized spacial score (nSPS) is 19.9. The van der Waals surface area contributed by atoms with E-state index in [4.69, 9.17) is 0 Å². The molecule has 0 aromatic carbocycles. The molecular formula is C15H19N3OS. The predicted octanol–water partition coefficient (Wildman–Crippen LogP) is 3.24. The van der Waals surface area contributed by atoms with E-state index in [1.54, 1.807) is 0 Å². The van der Waals surface area contributed by atoms with E-state index < -0.39 is 0 Å². The smallest absolute Gasteiger partial charge is 0.264 e. The lowest BCUT2D eigenvalue weighted by molar-refractivity contribution is 0.0686. The van der Waals surface area contributed by atoms with Gasteiger partial charge in [0.1, 0.15) is 0 Å². The maximum Gasteiger partial charge on any atom is 0.264 e. The van der Waals surface area contributed by atoms with Gasteiger partial charge in [0, 0.05) is 25.4 Å². The van der Waals surface area contributed by atoms with Crippen LogP contribution in [-0.2, 0) is 7.05 Å². The van der Waals surface area contributed by atoms with Crippen molar-refractivity contribution < 1.29 is 4.79 Å². The Morgan fingerprint density at radius 2 is 2.30 bits per heavy atom. The molecule has 106 valence electrons. The Kier molecular flexibility index (Phi) is 3.87. The summed E-state index contributed by atoms with van der Waals surface area (Å²) in [5, 5.41) is 6.22. The van der Waals surface area contributed by atoms with Gasteiger partial charge in [-0.3, -0.25) is 9.48 Å². The largest absolute Gasteiger partial charge is 0.331 e. The molecule has 0 bridgehead atoms. The average molecular weight is 289 g/mol. The van der Waals surface area contributed by atoms with Crippen LogP contribution < -0.4 is 0 Å². The topological polar surface area (TPSA) is 38.1 Å². The first kappa shape index (κ1) is 13.4. The third kappa shape index (κ3) is 2.63. The molecule has 1 aliphatic heterocycles. The minimum Gasteiger partial charge on any atom is -0.331 e. The van der Waals surface area contributed by atoms with Crippen LogP contribution in [0.25, 0.3) is 0 Å². The summed E-state index contributed by atoms with van der Waals surface area (Å²) in [4.78, 5) is 15.6. The quantitative estimate of drug-likeness (QED) is 0.851. The Bertz CT molecular complexity index is 576. The number of rotatable bonds is 2. The van der Waals surface area contributed by atoms with E-state index in [0.717, 1.165) is 29.8 Å². The zero-order valence-corrected chi connectivity index (χ0v) is 12.5. The number of aromatic nitrogens is 2. The molecule has 20 heavy (non-hydrogen) atoms. The number of carbonyl (C=O) groups excluding carboxylic acids is 1. The Morgan fingerprint density at radius 1 is 1.40 bits per heavy atom. The van der Waals surface area contributed by atoms with Gasteiger partial charge < -0.3 is 4.90 Å². The van der Waals surface area contributed by atoms with E-state index in [1.807, 2.05) is 46.5 Å². The SMILES string of the molecule is Cn1cc([C@H]2CCCCCN2C(=O)c2cccs2)cn1. The molecule has 0 spiro atoms. The number of carbonyl (C=O) groups is 1. The first-order valence-corrected chi connectivity index (χ1v) is 7.96. The van der Waals surface area contributed by atoms with Crippen molar-refractivity contribution in [2.24, 2.45) is 7.05 Å². The molecule has 5 heteroatoms. The summed E-state index contributed by atoms with van der Waals surface area (Å²) < 4.78 is 1.81. The van der Waals surface area contributed by atoms with Gasteiger partial charge in [0.2, 0.25) is 0 Å². The van der Waals surface area contributed by atoms with Gasteiger partial charge in [0.25, 0.3) is 5.91 Å². The lowest BCUT2D eigenvalue weighted by Crippen LogP contribution is -2.34. The van der Waals surface area contributed by atoms with Crippen LogP contribution in [0.3, 0.4) is 0 Å². The molecular weight excluding hydrogens is 270 g/mol. The minimum absolute atomic E-state index is 0.163. The van der Waals surface area contributed by atoms with Gasteiger partial charge in [0.15, 0.2) is 0 Å². The highest BCUT2D eigenvalue weighted by atomic mass is 32.1. The molecule has 1 atom stereocenters. The number of aryl methyl sites for hydroxylation is 1. The molecule has 1 fully saturated rings. The van der Waals surface area contributed by atoms with Crippen molar-refractivity contribution in [1.82, 2.24) is 14.7 Å². The summed E-state index contributed by atoms with van der Waals surface area (Å²) in [5.74, 6) is 0.163. The zero-order chi connectivity index (χ0) is 13.9. The fraction of sp³-hybridized carbons (Fsp3) is 0.467. The predicted molar refractivity (Wildman–Crippen MR) is 79.8 cm³/mol. The molecule has 3 heterocycles. The molecule has 3 rings (SSSR count). The number of nitrogens with zero attached hydrogens (tertiary/aromatic N) is 3. The van der Waals surface area contributed by atoms with Gasteiger partial charge in [-0.25, -0.2) is 0 Å². The lowest BCUT2D eigenvalue weighted by atomic mass is 10.0. The van der Waals surface area contributed by atoms with E-state index >= 15 is 0 Å². The second-order valence-corrected chi connectivity index (χ2v) is 6.24. The van der Waals surface area contributed by atoms with Crippen LogP contribution >= 0.6 is 11.3 Å². The second-order valence-electron chi connectivity index (χ2n) is 5.29. The first-order chi connectivity index (χ1) is 9.75. The van der Waals surface area contributed by atoms with Gasteiger partial charge in [-0.15, -0.1) is 11.3 Å². The zero-order valence-electron chi connectivity index (χ0n) is 11.7. The van der Waals surface area contributed by atoms with Crippen molar-refractivity contribution in [3.63, 3.8) is 0 Å². The van der Waals surface area contributed by atoms with Crippen molar-refractivity contribution in [2.75, 3.05) is 6.54 Å². The van der Waals surface area contributed by atoms with Gasteiger partial charge >= 0.3 is 0 Å². The lowest BCUT2D eigenvalue weighted by Gasteiger charge is -2.29. The molecule has 1 saturated heterocycles. The summed E-state index contributed by atoms with van der Waals surface area (Å²) in [6.07, 6.45) is 8.42. The number of thiophene rings is 1. The molecule has 0 aliphatic carbocycles. The maximum atomic E-state index is 12.7. The molecule has 2 aromatic rings. The summed E-state index contributed by atoms with van der Waals surface area (Å²) in [7, 11) is 1.92. The second kappa shape index (κ2) is 5.79. The number of hydrogen-bond acceptors (Lipinski definition) is 3. The third-order valence-electron chi connectivity index (χ3n) is 3.86. The molecule has 4 nitrogen and oxygen atoms in total. The molecule has 1 amide bonds. The van der Waals surface area contributed by atoms with Crippen molar-refractivity contribution >= 4 is 17.2 Å². The van der Waals surface area contributed by atoms with E-state index in [0.29, 0.717) is 0 Å². The van der Waals surface area contributed by atoms with Crippen LogP contribution in [-0.4, -0.2) is 27.1 Å². The highest BCUT2D eigenvalue weighted by molar-refractivity contribution is 7.12. The standard InChI is InChI=1S/C15H19N3OS/c1-17-11-12(10-16-17)13-6-3-2-4-8-18(13)15(19)14-7-5-9-20-14/h5,7,9-11,13H,2-4,6,8H2,1H3/t13-/m1/s1. The van der Waals surface area contributed by atoms with E-state index in [1.165, 1.54) is 24.2 Å². The van der Waals surface area contributed by atoms with E-state index in [2.05, 4.69) is 5.10 Å². The summed E-state index contributed by atoms with van der Waals surface area (Å²) in [6, 6.07) is 4.02. The summed E-state index contributed by atoms with van der Waals surface area (Å²) in [5.41, 5.74) is 1.15. The van der Waals surface area contributed by atoms with E-state index in [9.17, 15) is 4.79 Å². The van der Waals surface area contributed by atoms with E-state index in [-0.39, 0.29) is 11.9 Å². The summed E-state index contributed by atoms with van der Waals surface area (Å²) >= 11 is 1.52. The maximum absolute atomic E-state index is 12.7. The van der Waals surface area contributed by atoms with Gasteiger partial charge in [-0.2, -0.15) is 5.10 Å². The number of amides is 1. The Labute approximate surface area is 123 Å². The van der Waals surface area contributed by atoms with Crippen LogP contribution in [0.4, 0.5) is 0 Å². The van der Waals surface area contributed by atoms with Crippen molar-refractivity contribution in [2.45, 2.75) is 31.7 Å². The molecule has 0 saturated carbocycles. The van der Waals surface area contributed by atoms with Crippen molar-refractivity contribution in [3.05, 3.63) is 40.3 Å². The van der Waals surface area contributed by atoms with Crippen LogP contribution in [0.15, 0.2) is 29.9 Å². The van der Waals surface area contributed by atoms with Crippen LogP contribution in [0, 0.1) is 0 Å². The fourth-order valence-corrected chi connectivity index (χ4v) is 3.53. The monoisotopic (exact) mass is 289 g/mol. The first-order valence-electron chi connectivity index (χ1n) is 7.09. The van der Waals surface area contributed by atoms with Gasteiger partial charge in [0.05, 0.1) is 17.1 Å². The Hall–Kier alpha value is -1.62. The van der Waals surface area contributed by atoms with Gasteiger partial charge in [-0.1, -0.05) is 18.9 Å².